The minimum atomic E-state index is -4.40. The Balaban J connectivity index is 2.08. The lowest BCUT2D eigenvalue weighted by atomic mass is 9.99. The van der Waals surface area contributed by atoms with E-state index in [0.29, 0.717) is 16.9 Å². The zero-order valence-corrected chi connectivity index (χ0v) is 14.1. The van der Waals surface area contributed by atoms with Crippen molar-refractivity contribution in [1.29, 1.82) is 0 Å². The van der Waals surface area contributed by atoms with Gasteiger partial charge in [0.25, 0.3) is 0 Å². The minimum Gasteiger partial charge on any atom is -0.496 e. The number of fused-ring (bicyclic) bond motifs is 3. The van der Waals surface area contributed by atoms with Crippen molar-refractivity contribution in [3.05, 3.63) is 59.9 Å². The summed E-state index contributed by atoms with van der Waals surface area (Å²) in [4.78, 5) is 7.61. The fraction of sp³-hybridized carbons (Fsp3) is 0.150. The lowest BCUT2D eigenvalue weighted by Crippen LogP contribution is -2.04. The van der Waals surface area contributed by atoms with Crippen LogP contribution in [0.1, 0.15) is 11.3 Å². The maximum Gasteiger partial charge on any atom is 0.416 e. The van der Waals surface area contributed by atoms with Crippen LogP contribution in [0.25, 0.3) is 32.9 Å². The van der Waals surface area contributed by atoms with E-state index < -0.39 is 11.7 Å². The van der Waals surface area contributed by atoms with E-state index in [1.54, 1.807) is 18.3 Å². The Hall–Kier alpha value is -3.02. The Bertz CT molecular complexity index is 1130. The van der Waals surface area contributed by atoms with E-state index in [-0.39, 0.29) is 0 Å². The molecule has 0 radical (unpaired) electrons. The monoisotopic (exact) mass is 356 g/mol. The van der Waals surface area contributed by atoms with Gasteiger partial charge in [0.1, 0.15) is 5.75 Å². The molecule has 6 heteroatoms. The number of methoxy groups -OCH3 is 1. The van der Waals surface area contributed by atoms with E-state index in [1.165, 1.54) is 13.2 Å². The molecule has 0 atom stereocenters. The molecule has 0 spiro atoms. The average molecular weight is 356 g/mol. The van der Waals surface area contributed by atoms with Gasteiger partial charge in [0.2, 0.25) is 0 Å². The van der Waals surface area contributed by atoms with Crippen molar-refractivity contribution in [3.63, 3.8) is 0 Å². The number of nitrogens with one attached hydrogen (secondary N) is 1. The van der Waals surface area contributed by atoms with Gasteiger partial charge in [0, 0.05) is 22.5 Å². The molecule has 0 bridgehead atoms. The second-order valence-corrected chi connectivity index (χ2v) is 6.09. The molecule has 0 amide bonds. The molecule has 0 fully saturated rings. The van der Waals surface area contributed by atoms with E-state index in [0.717, 1.165) is 39.6 Å². The molecule has 2 aromatic heterocycles. The number of aryl methyl sites for hydroxylation is 1. The molecule has 26 heavy (non-hydrogen) atoms. The third kappa shape index (κ3) is 2.49. The molecule has 2 aromatic carbocycles. The van der Waals surface area contributed by atoms with Crippen LogP contribution >= 0.6 is 0 Å². The topological polar surface area (TPSA) is 37.9 Å². The molecule has 2 heterocycles. The fourth-order valence-corrected chi connectivity index (χ4v) is 3.32. The summed E-state index contributed by atoms with van der Waals surface area (Å²) in [6, 6.07) is 10.9. The first-order valence-corrected chi connectivity index (χ1v) is 8.02. The zero-order valence-electron chi connectivity index (χ0n) is 14.1. The van der Waals surface area contributed by atoms with Gasteiger partial charge < -0.3 is 9.72 Å². The maximum absolute atomic E-state index is 13.2. The van der Waals surface area contributed by atoms with Crippen molar-refractivity contribution in [1.82, 2.24) is 9.97 Å². The first-order valence-electron chi connectivity index (χ1n) is 8.02. The third-order valence-electron chi connectivity index (χ3n) is 4.55. The summed E-state index contributed by atoms with van der Waals surface area (Å²) in [6.45, 7) is 1.89. The summed E-state index contributed by atoms with van der Waals surface area (Å²) in [5, 5.41) is 1.89. The number of halogens is 3. The van der Waals surface area contributed by atoms with Crippen molar-refractivity contribution in [2.24, 2.45) is 0 Å². The number of pyridine rings is 1. The van der Waals surface area contributed by atoms with Gasteiger partial charge in [-0.15, -0.1) is 0 Å². The molecule has 0 aliphatic carbocycles. The van der Waals surface area contributed by atoms with E-state index >= 15 is 0 Å². The molecule has 132 valence electrons. The number of benzene rings is 2. The van der Waals surface area contributed by atoms with Gasteiger partial charge in [0.05, 0.1) is 29.4 Å². The quantitative estimate of drug-likeness (QED) is 0.499. The second kappa shape index (κ2) is 5.76. The Morgan fingerprint density at radius 1 is 1.00 bits per heavy atom. The third-order valence-corrected chi connectivity index (χ3v) is 4.55. The van der Waals surface area contributed by atoms with Crippen molar-refractivity contribution < 1.29 is 17.9 Å². The van der Waals surface area contributed by atoms with Gasteiger partial charge in [-0.25, -0.2) is 0 Å². The van der Waals surface area contributed by atoms with Crippen LogP contribution in [-0.2, 0) is 6.18 Å². The summed E-state index contributed by atoms with van der Waals surface area (Å²) >= 11 is 0. The Morgan fingerprint density at radius 3 is 2.50 bits per heavy atom. The van der Waals surface area contributed by atoms with Gasteiger partial charge in [-0.3, -0.25) is 4.98 Å². The largest absolute Gasteiger partial charge is 0.496 e. The predicted molar refractivity (Wildman–Crippen MR) is 95.3 cm³/mol. The van der Waals surface area contributed by atoms with Crippen molar-refractivity contribution in [2.75, 3.05) is 7.11 Å². The van der Waals surface area contributed by atoms with Gasteiger partial charge in [-0.05, 0) is 42.8 Å². The fourth-order valence-electron chi connectivity index (χ4n) is 3.32. The minimum absolute atomic E-state index is 0.444. The normalized spacial score (nSPS) is 12.0. The lowest BCUT2D eigenvalue weighted by Gasteiger charge is -2.13. The summed E-state index contributed by atoms with van der Waals surface area (Å²) in [5.41, 5.74) is 2.78. The van der Waals surface area contributed by atoms with Gasteiger partial charge in [-0.2, -0.15) is 13.2 Å². The van der Waals surface area contributed by atoms with Crippen LogP contribution in [0.5, 0.6) is 5.75 Å². The number of H-pyrrole nitrogens is 1. The molecule has 0 aliphatic rings. The van der Waals surface area contributed by atoms with Gasteiger partial charge in [-0.1, -0.05) is 12.1 Å². The molecule has 3 nitrogen and oxygen atoms in total. The number of hydrogen-bond acceptors (Lipinski definition) is 2. The molecule has 4 rings (SSSR count). The Labute approximate surface area is 147 Å². The van der Waals surface area contributed by atoms with Crippen molar-refractivity contribution in [2.45, 2.75) is 13.1 Å². The van der Waals surface area contributed by atoms with Crippen LogP contribution in [0.3, 0.4) is 0 Å². The van der Waals surface area contributed by atoms with Crippen LogP contribution < -0.4 is 4.74 Å². The number of hydrogen-bond donors (Lipinski definition) is 1. The van der Waals surface area contributed by atoms with Crippen LogP contribution in [-0.4, -0.2) is 17.1 Å². The SMILES string of the molecule is COc1ccc2c([nH]c3c(C)nccc32)c1-c1cccc(C(F)(F)F)c1. The van der Waals surface area contributed by atoms with Crippen molar-refractivity contribution in [3.8, 4) is 16.9 Å². The lowest BCUT2D eigenvalue weighted by molar-refractivity contribution is -0.137. The van der Waals surface area contributed by atoms with Crippen LogP contribution in [0, 0.1) is 6.92 Å². The number of ether oxygens (including phenoxy) is 1. The second-order valence-electron chi connectivity index (χ2n) is 6.09. The molecular weight excluding hydrogens is 341 g/mol. The first-order chi connectivity index (χ1) is 12.4. The Morgan fingerprint density at radius 2 is 1.77 bits per heavy atom. The van der Waals surface area contributed by atoms with E-state index in [1.807, 2.05) is 19.1 Å². The van der Waals surface area contributed by atoms with Crippen LogP contribution in [0.2, 0.25) is 0 Å². The smallest absolute Gasteiger partial charge is 0.416 e. The molecule has 0 unspecified atom stereocenters. The van der Waals surface area contributed by atoms with Crippen LogP contribution in [0.15, 0.2) is 48.7 Å². The Kier molecular flexibility index (Phi) is 3.64. The molecule has 0 saturated heterocycles. The number of aromatic amines is 1. The van der Waals surface area contributed by atoms with Gasteiger partial charge >= 0.3 is 6.18 Å². The summed E-state index contributed by atoms with van der Waals surface area (Å²) < 4.78 is 44.9. The molecular formula is C20H15F3N2O. The highest BCUT2D eigenvalue weighted by atomic mass is 19.4. The van der Waals surface area contributed by atoms with Crippen LogP contribution in [0.4, 0.5) is 13.2 Å². The predicted octanol–water partition coefficient (Wildman–Crippen LogP) is 5.72. The number of alkyl halides is 3. The summed E-state index contributed by atoms with van der Waals surface area (Å²) in [7, 11) is 1.51. The molecule has 1 N–H and O–H groups in total. The maximum atomic E-state index is 13.2. The molecule has 0 saturated carbocycles. The van der Waals surface area contributed by atoms with Crippen molar-refractivity contribution >= 4 is 21.8 Å². The highest BCUT2D eigenvalue weighted by molar-refractivity contribution is 6.13. The summed E-state index contributed by atoms with van der Waals surface area (Å²) in [5.74, 6) is 0.508. The highest BCUT2D eigenvalue weighted by Gasteiger charge is 2.31. The molecule has 0 aliphatic heterocycles. The van der Waals surface area contributed by atoms with E-state index in [9.17, 15) is 13.2 Å². The van der Waals surface area contributed by atoms with Gasteiger partial charge in [0.15, 0.2) is 0 Å². The number of rotatable bonds is 2. The standard InChI is InChI=1S/C20H15F3N2O/c1-11-18-15(8-9-24-11)14-6-7-16(26-2)17(19(14)25-18)12-4-3-5-13(10-12)20(21,22)23/h3-10,25H,1-2H3. The first kappa shape index (κ1) is 16.4. The number of nitrogens with zero attached hydrogens (tertiary/aromatic N) is 1. The average Bonchev–Trinajstić information content (AvgIpc) is 3.00. The highest BCUT2D eigenvalue weighted by Crippen LogP contribution is 2.41. The van der Waals surface area contributed by atoms with E-state index in [4.69, 9.17) is 4.74 Å². The zero-order chi connectivity index (χ0) is 18.5. The molecule has 4 aromatic rings. The van der Waals surface area contributed by atoms with E-state index in [2.05, 4.69) is 9.97 Å². The summed E-state index contributed by atoms with van der Waals surface area (Å²) in [6.07, 6.45) is -2.68. The number of aromatic nitrogens is 2.